The quantitative estimate of drug-likeness (QED) is 0.731. The number of quaternary nitrogens is 1. The summed E-state index contributed by atoms with van der Waals surface area (Å²) in [7, 11) is 0. The van der Waals surface area contributed by atoms with E-state index >= 15 is 0 Å². The number of carbonyl (C=O) groups excluding carboxylic acids is 2. The number of nitrogens with one attached hydrogen (secondary N) is 2. The van der Waals surface area contributed by atoms with Crippen molar-refractivity contribution >= 4 is 22.6 Å². The van der Waals surface area contributed by atoms with Gasteiger partial charge < -0.3 is 15.6 Å². The molecular weight excluding hydrogens is 290 g/mol. The van der Waals surface area contributed by atoms with E-state index in [4.69, 9.17) is 5.73 Å². The van der Waals surface area contributed by atoms with Crippen LogP contribution < -0.4 is 10.6 Å². The number of likely N-dealkylation sites (tertiary alicyclic amines) is 1. The first kappa shape index (κ1) is 15.7. The molecule has 4 N–H and O–H groups in total. The number of Topliss-reactive ketones (excluding diaryl/α,β-unsaturated/α-hetero) is 1. The largest absolute Gasteiger partial charge is 0.369 e. The van der Waals surface area contributed by atoms with Crippen molar-refractivity contribution in [2.75, 3.05) is 13.1 Å². The average Bonchev–Trinajstić information content (AvgIpc) is 2.89. The number of primary amides is 1. The highest BCUT2D eigenvalue weighted by atomic mass is 16.1. The molecule has 0 spiro atoms. The van der Waals surface area contributed by atoms with Gasteiger partial charge in [-0.15, -0.1) is 0 Å². The van der Waals surface area contributed by atoms with Crippen LogP contribution in [0.2, 0.25) is 0 Å². The highest BCUT2D eigenvalue weighted by Crippen LogP contribution is 2.23. The number of fused-ring (bicyclic) bond motifs is 1. The van der Waals surface area contributed by atoms with Crippen molar-refractivity contribution in [3.63, 3.8) is 0 Å². The number of hydrogen-bond acceptors (Lipinski definition) is 2. The number of rotatable bonds is 4. The molecule has 0 radical (unpaired) electrons. The van der Waals surface area contributed by atoms with Gasteiger partial charge in [-0.2, -0.15) is 0 Å². The molecule has 1 saturated heterocycles. The molecule has 1 atom stereocenters. The number of aromatic amines is 1. The summed E-state index contributed by atoms with van der Waals surface area (Å²) in [4.78, 5) is 28.9. The summed E-state index contributed by atoms with van der Waals surface area (Å²) < 4.78 is 0. The Bertz CT molecular complexity index is 742. The lowest BCUT2D eigenvalue weighted by molar-refractivity contribution is -0.919. The summed E-state index contributed by atoms with van der Waals surface area (Å²) in [5, 5.41) is 0.994. The Morgan fingerprint density at radius 1 is 1.26 bits per heavy atom. The van der Waals surface area contributed by atoms with Crippen LogP contribution in [0.25, 0.3) is 10.9 Å². The van der Waals surface area contributed by atoms with Gasteiger partial charge in [-0.05, 0) is 19.9 Å². The minimum Gasteiger partial charge on any atom is -0.369 e. The number of aromatic nitrogens is 1. The monoisotopic (exact) mass is 314 g/mol. The van der Waals surface area contributed by atoms with Crippen molar-refractivity contribution in [1.82, 2.24) is 4.98 Å². The van der Waals surface area contributed by atoms with E-state index < -0.39 is 0 Å². The standard InChI is InChI=1S/C18H23N3O2/c1-11-16(14-5-3-4-6-15(14)20-11)17(22)12(2)21-9-7-13(8-10-21)18(19)23/h3-6,12-13,20H,7-10H2,1-2H3,(H2,19,23)/p+1/t12-/m0/s1. The zero-order valence-corrected chi connectivity index (χ0v) is 13.7. The highest BCUT2D eigenvalue weighted by Gasteiger charge is 2.33. The maximum Gasteiger partial charge on any atom is 0.222 e. The van der Waals surface area contributed by atoms with Gasteiger partial charge in [0.25, 0.3) is 0 Å². The summed E-state index contributed by atoms with van der Waals surface area (Å²) in [5.74, 6) is -0.0705. The molecule has 5 heteroatoms. The van der Waals surface area contributed by atoms with Crippen LogP contribution in [0, 0.1) is 12.8 Å². The number of H-pyrrole nitrogens is 1. The van der Waals surface area contributed by atoms with Gasteiger partial charge in [0.2, 0.25) is 11.7 Å². The Balaban J connectivity index is 1.80. The molecule has 23 heavy (non-hydrogen) atoms. The second kappa shape index (κ2) is 6.16. The first-order chi connectivity index (χ1) is 11.0. The molecule has 1 aliphatic rings. The zero-order valence-electron chi connectivity index (χ0n) is 13.7. The van der Waals surface area contributed by atoms with Gasteiger partial charge >= 0.3 is 0 Å². The Kier molecular flexibility index (Phi) is 4.22. The van der Waals surface area contributed by atoms with E-state index in [1.165, 1.54) is 4.90 Å². The average molecular weight is 314 g/mol. The van der Waals surface area contributed by atoms with Crippen molar-refractivity contribution in [3.8, 4) is 0 Å². The third kappa shape index (κ3) is 2.88. The van der Waals surface area contributed by atoms with Crippen molar-refractivity contribution in [3.05, 3.63) is 35.5 Å². The lowest BCUT2D eigenvalue weighted by atomic mass is 9.93. The summed E-state index contributed by atoms with van der Waals surface area (Å²) in [6.45, 7) is 5.59. The molecule has 3 rings (SSSR count). The fourth-order valence-corrected chi connectivity index (χ4v) is 3.70. The fourth-order valence-electron chi connectivity index (χ4n) is 3.70. The van der Waals surface area contributed by atoms with Crippen LogP contribution in [0.3, 0.4) is 0 Å². The Hall–Kier alpha value is -2.14. The second-order valence-electron chi connectivity index (χ2n) is 6.59. The number of ketones is 1. The molecule has 1 amide bonds. The summed E-state index contributed by atoms with van der Waals surface area (Å²) >= 11 is 0. The minimum absolute atomic E-state index is 0.0316. The predicted octanol–water partition coefficient (Wildman–Crippen LogP) is 0.828. The van der Waals surface area contributed by atoms with Gasteiger partial charge in [0.15, 0.2) is 0 Å². The number of piperidine rings is 1. The minimum atomic E-state index is -0.212. The molecule has 0 saturated carbocycles. The molecule has 5 nitrogen and oxygen atoms in total. The topological polar surface area (TPSA) is 80.4 Å². The van der Waals surface area contributed by atoms with Gasteiger partial charge in [-0.3, -0.25) is 9.59 Å². The number of aryl methyl sites for hydroxylation is 1. The summed E-state index contributed by atoms with van der Waals surface area (Å²) in [6.07, 6.45) is 1.55. The van der Waals surface area contributed by atoms with Crippen molar-refractivity contribution in [1.29, 1.82) is 0 Å². The number of benzene rings is 1. The Labute approximate surface area is 135 Å². The normalized spacial score (nSPS) is 22.9. The molecule has 0 unspecified atom stereocenters. The highest BCUT2D eigenvalue weighted by molar-refractivity contribution is 6.10. The van der Waals surface area contributed by atoms with Gasteiger partial charge in [0, 0.05) is 35.4 Å². The van der Waals surface area contributed by atoms with E-state index in [1.807, 2.05) is 38.1 Å². The van der Waals surface area contributed by atoms with Crippen LogP contribution in [-0.2, 0) is 4.79 Å². The lowest BCUT2D eigenvalue weighted by Gasteiger charge is -2.31. The van der Waals surface area contributed by atoms with E-state index in [0.717, 1.165) is 48.1 Å². The maximum atomic E-state index is 13.0. The van der Waals surface area contributed by atoms with Gasteiger partial charge in [-0.1, -0.05) is 18.2 Å². The molecule has 122 valence electrons. The van der Waals surface area contributed by atoms with Crippen LogP contribution in [-0.4, -0.2) is 35.8 Å². The zero-order chi connectivity index (χ0) is 16.6. The molecule has 2 aromatic rings. The van der Waals surface area contributed by atoms with Gasteiger partial charge in [0.05, 0.1) is 18.7 Å². The van der Waals surface area contributed by atoms with E-state index in [-0.39, 0.29) is 23.7 Å². The van der Waals surface area contributed by atoms with E-state index in [2.05, 4.69) is 4.98 Å². The smallest absolute Gasteiger partial charge is 0.222 e. The number of amides is 1. The predicted molar refractivity (Wildman–Crippen MR) is 89.4 cm³/mol. The molecule has 1 aliphatic heterocycles. The van der Waals surface area contributed by atoms with E-state index in [1.54, 1.807) is 0 Å². The molecule has 0 bridgehead atoms. The first-order valence-corrected chi connectivity index (χ1v) is 8.24. The molecule has 1 fully saturated rings. The SMILES string of the molecule is Cc1[nH]c2ccccc2c1C(=O)[C@H](C)[NH+]1CCC(C(N)=O)CC1. The number of para-hydroxylation sites is 1. The maximum absolute atomic E-state index is 13.0. The van der Waals surface area contributed by atoms with Crippen LogP contribution in [0.4, 0.5) is 0 Å². The van der Waals surface area contributed by atoms with Crippen LogP contribution in [0.1, 0.15) is 35.8 Å². The first-order valence-electron chi connectivity index (χ1n) is 8.24. The number of carbonyl (C=O) groups is 2. The third-order valence-electron chi connectivity index (χ3n) is 5.18. The van der Waals surface area contributed by atoms with Gasteiger partial charge in [0.1, 0.15) is 6.04 Å². The van der Waals surface area contributed by atoms with Crippen LogP contribution in [0.15, 0.2) is 24.3 Å². The Morgan fingerprint density at radius 3 is 2.57 bits per heavy atom. The number of nitrogens with two attached hydrogens (primary N) is 1. The van der Waals surface area contributed by atoms with E-state index in [0.29, 0.717) is 0 Å². The van der Waals surface area contributed by atoms with Crippen molar-refractivity contribution in [2.24, 2.45) is 11.7 Å². The third-order valence-corrected chi connectivity index (χ3v) is 5.18. The van der Waals surface area contributed by atoms with Crippen molar-refractivity contribution in [2.45, 2.75) is 32.7 Å². The summed E-state index contributed by atoms with van der Waals surface area (Å²) in [6, 6.07) is 7.81. The van der Waals surface area contributed by atoms with Gasteiger partial charge in [-0.25, -0.2) is 0 Å². The van der Waals surface area contributed by atoms with Crippen LogP contribution >= 0.6 is 0 Å². The summed E-state index contributed by atoms with van der Waals surface area (Å²) in [5.41, 5.74) is 8.12. The lowest BCUT2D eigenvalue weighted by Crippen LogP contribution is -3.17. The van der Waals surface area contributed by atoms with Crippen LogP contribution in [0.5, 0.6) is 0 Å². The molecule has 1 aromatic carbocycles. The fraction of sp³-hybridized carbons (Fsp3) is 0.444. The van der Waals surface area contributed by atoms with Crippen molar-refractivity contribution < 1.29 is 14.5 Å². The molecule has 1 aromatic heterocycles. The molecule has 0 aliphatic carbocycles. The Morgan fingerprint density at radius 2 is 1.91 bits per heavy atom. The second-order valence-corrected chi connectivity index (χ2v) is 6.59. The molecular formula is C18H24N3O2+. The molecule has 2 heterocycles. The number of hydrogen-bond donors (Lipinski definition) is 3. The van der Waals surface area contributed by atoms with E-state index in [9.17, 15) is 9.59 Å².